The lowest BCUT2D eigenvalue weighted by molar-refractivity contribution is -0.142. The maximum Gasteiger partial charge on any atom is 0.325 e. The van der Waals surface area contributed by atoms with Gasteiger partial charge in [0, 0.05) is 19.4 Å². The number of amides is 9. The molecule has 0 aliphatic rings. The second kappa shape index (κ2) is 33.7. The number of nitrogens with two attached hydrogens (primary N) is 4. The van der Waals surface area contributed by atoms with E-state index in [0.29, 0.717) is 5.75 Å². The lowest BCUT2D eigenvalue weighted by atomic mass is 10.0. The van der Waals surface area contributed by atoms with Crippen molar-refractivity contribution in [3.63, 3.8) is 0 Å². The van der Waals surface area contributed by atoms with E-state index in [4.69, 9.17) is 22.9 Å². The van der Waals surface area contributed by atoms with Crippen LogP contribution in [-0.2, 0) is 57.5 Å². The number of aliphatic hydroxyl groups is 1. The minimum atomic E-state index is -1.99. The van der Waals surface area contributed by atoms with Gasteiger partial charge in [0.1, 0.15) is 54.4 Å². The minimum Gasteiger partial charge on any atom is -0.481 e. The highest BCUT2D eigenvalue weighted by Gasteiger charge is 2.36. The van der Waals surface area contributed by atoms with Crippen LogP contribution in [0.25, 0.3) is 0 Å². The van der Waals surface area contributed by atoms with Gasteiger partial charge in [-0.3, -0.25) is 62.5 Å². The molecule has 0 saturated heterocycles. The highest BCUT2D eigenvalue weighted by Crippen LogP contribution is 2.12. The Morgan fingerprint density at radius 2 is 0.986 bits per heavy atom. The van der Waals surface area contributed by atoms with Crippen molar-refractivity contribution in [3.8, 4) is 0 Å². The van der Waals surface area contributed by atoms with Gasteiger partial charge in [-0.1, -0.05) is 27.7 Å². The number of aliphatic carboxylic acids is 3. The number of carbonyl (C=O) groups excluding carboxylic acids is 9. The van der Waals surface area contributed by atoms with E-state index in [1.54, 1.807) is 20.1 Å². The number of rotatable bonds is 36. The monoisotopic (exact) mass is 1050 g/mol. The number of thioether (sulfide) groups is 1. The van der Waals surface area contributed by atoms with Gasteiger partial charge in [0.2, 0.25) is 53.2 Å². The van der Waals surface area contributed by atoms with E-state index >= 15 is 0 Å². The van der Waals surface area contributed by atoms with E-state index in [1.807, 2.05) is 0 Å². The molecule has 0 aliphatic carbocycles. The first-order valence-electron chi connectivity index (χ1n) is 22.8. The summed E-state index contributed by atoms with van der Waals surface area (Å²) < 4.78 is 0. The Morgan fingerprint density at radius 1 is 0.542 bits per heavy atom. The van der Waals surface area contributed by atoms with Gasteiger partial charge in [-0.15, -0.1) is 0 Å². The summed E-state index contributed by atoms with van der Waals surface area (Å²) in [6.45, 7) is 6.74. The molecule has 408 valence electrons. The third-order valence-corrected chi connectivity index (χ3v) is 10.9. The molecular weight excluding hydrogens is 975 g/mol. The van der Waals surface area contributed by atoms with Crippen LogP contribution in [-0.4, -0.2) is 177 Å². The van der Waals surface area contributed by atoms with E-state index in [0.717, 1.165) is 0 Å². The van der Waals surface area contributed by atoms with Crippen LogP contribution in [0.5, 0.6) is 0 Å². The maximum absolute atomic E-state index is 13.9. The van der Waals surface area contributed by atoms with Gasteiger partial charge in [0.25, 0.3) is 0 Å². The van der Waals surface area contributed by atoms with Crippen LogP contribution in [0.1, 0.15) is 92.4 Å². The Balaban J connectivity index is 6.71. The summed E-state index contributed by atoms with van der Waals surface area (Å²) in [6, 6.07) is -13.8. The molecular formula is C42H73N13O16S. The van der Waals surface area contributed by atoms with E-state index < -0.39 is 170 Å². The first-order chi connectivity index (χ1) is 33.5. The Kier molecular flexibility index (Phi) is 30.5. The number of aliphatic imine (C=N–C) groups is 1. The number of hydrogen-bond acceptors (Lipinski definition) is 16. The number of aliphatic hydroxyl groups excluding tert-OH is 1. The molecule has 0 aliphatic heterocycles. The molecule has 29 nitrogen and oxygen atoms in total. The zero-order valence-electron chi connectivity index (χ0n) is 41.2. The Hall–Kier alpha value is -6.82. The molecule has 9 atom stereocenters. The minimum absolute atomic E-state index is 0.000247. The van der Waals surface area contributed by atoms with Crippen LogP contribution in [0.15, 0.2) is 4.99 Å². The van der Waals surface area contributed by atoms with Crippen LogP contribution >= 0.6 is 11.8 Å². The summed E-state index contributed by atoms with van der Waals surface area (Å²) >= 11 is 1.34. The van der Waals surface area contributed by atoms with Crippen molar-refractivity contribution >= 4 is 88.8 Å². The smallest absolute Gasteiger partial charge is 0.325 e. The van der Waals surface area contributed by atoms with E-state index in [1.165, 1.54) is 32.5 Å². The maximum atomic E-state index is 13.9. The molecule has 0 radical (unpaired) electrons. The van der Waals surface area contributed by atoms with Crippen molar-refractivity contribution in [2.45, 2.75) is 147 Å². The summed E-state index contributed by atoms with van der Waals surface area (Å²) in [7, 11) is 0. The fourth-order valence-electron chi connectivity index (χ4n) is 6.33. The highest BCUT2D eigenvalue weighted by molar-refractivity contribution is 7.98. The molecule has 20 N–H and O–H groups in total. The lowest BCUT2D eigenvalue weighted by Gasteiger charge is -2.29. The Labute approximate surface area is 420 Å². The van der Waals surface area contributed by atoms with E-state index in [9.17, 15) is 78.0 Å². The number of nitrogens with one attached hydrogen (secondary N) is 8. The molecule has 30 heteroatoms. The molecule has 0 unspecified atom stereocenters. The zero-order valence-corrected chi connectivity index (χ0v) is 42.0. The summed E-state index contributed by atoms with van der Waals surface area (Å²) in [5.41, 5.74) is 21.6. The topological polar surface area (TPSA) is 498 Å². The lowest BCUT2D eigenvalue weighted by Crippen LogP contribution is -2.61. The largest absolute Gasteiger partial charge is 0.481 e. The van der Waals surface area contributed by atoms with Gasteiger partial charge in [-0.25, -0.2) is 0 Å². The molecule has 0 bridgehead atoms. The number of hydrogen-bond donors (Lipinski definition) is 16. The summed E-state index contributed by atoms with van der Waals surface area (Å²) in [5, 5.41) is 56.7. The van der Waals surface area contributed by atoms with Crippen molar-refractivity contribution in [1.29, 1.82) is 0 Å². The number of nitrogens with zero attached hydrogens (tertiary/aromatic N) is 1. The molecule has 72 heavy (non-hydrogen) atoms. The molecule has 0 aromatic rings. The van der Waals surface area contributed by atoms with Gasteiger partial charge in [-0.2, -0.15) is 11.8 Å². The normalized spacial score (nSPS) is 14.8. The van der Waals surface area contributed by atoms with Crippen LogP contribution in [0.2, 0.25) is 0 Å². The standard InChI is InChI=1S/C42H73N13O16S/c1-19(2)16-27(53-37(66)26(13-15-72-6)49-33(62)22(43)18-56)38(67)51-25(10-12-30(58)59)36(65)54-28(17-31(60)61)39(68)55-32(20(3)4)40(69)52-24(9-11-29(44)57)35(64)50-23(8-7-14-47-42(45)46)34(63)48-21(5)41(70)71/h19-28,32,56H,7-18,43H2,1-6H3,(H2,44,57)(H,48,63)(H,49,62)(H,50,64)(H,51,67)(H,52,69)(H,53,66)(H,54,65)(H,55,68)(H,58,59)(H,60,61)(H,70,71)(H4,45,46,47)/t21-,22-,23-,24-,25-,26-,27-,28-,32-/m0/s1. The molecule has 0 heterocycles. The molecule has 0 saturated carbocycles. The van der Waals surface area contributed by atoms with Gasteiger partial charge < -0.3 is 85.9 Å². The molecule has 0 aromatic carbocycles. The average molecular weight is 1050 g/mol. The molecule has 0 spiro atoms. The van der Waals surface area contributed by atoms with Crippen LogP contribution in [0.3, 0.4) is 0 Å². The third-order valence-electron chi connectivity index (χ3n) is 10.3. The zero-order chi connectivity index (χ0) is 55.4. The van der Waals surface area contributed by atoms with E-state index in [2.05, 4.69) is 47.5 Å². The Bertz CT molecular complexity index is 1940. The van der Waals surface area contributed by atoms with Gasteiger partial charge in [-0.05, 0) is 69.3 Å². The number of primary amides is 1. The van der Waals surface area contributed by atoms with Crippen LogP contribution in [0, 0.1) is 11.8 Å². The van der Waals surface area contributed by atoms with Crippen LogP contribution in [0.4, 0.5) is 0 Å². The number of carbonyl (C=O) groups is 12. The summed E-state index contributed by atoms with van der Waals surface area (Å²) in [5.74, 6) is -14.6. The summed E-state index contributed by atoms with van der Waals surface area (Å²) in [4.78, 5) is 159. The fourth-order valence-corrected chi connectivity index (χ4v) is 6.80. The number of carboxylic acid groups (broad SMARTS) is 3. The SMILES string of the molecule is CSCC[C@H](NC(=O)[C@@H](N)CO)C(=O)N[C@@H](CC(C)C)C(=O)N[C@@H](CCC(=O)O)C(=O)N[C@@H](CC(=O)O)C(=O)N[C@H](C(=O)N[C@@H](CCC(N)=O)C(=O)N[C@@H](CCCN=C(N)N)C(=O)N[C@@H](C)C(=O)O)C(C)C. The van der Waals surface area contributed by atoms with Crippen molar-refractivity contribution < 1.29 is 78.0 Å². The quantitative estimate of drug-likeness (QED) is 0.0158. The second-order valence-electron chi connectivity index (χ2n) is 17.4. The summed E-state index contributed by atoms with van der Waals surface area (Å²) in [6.07, 6.45) is -1.65. The average Bonchev–Trinajstić information content (AvgIpc) is 3.28. The van der Waals surface area contributed by atoms with Crippen LogP contribution < -0.4 is 65.5 Å². The molecule has 0 fully saturated rings. The van der Waals surface area contributed by atoms with Crippen molar-refractivity contribution in [3.05, 3.63) is 0 Å². The molecule has 0 rings (SSSR count). The molecule has 9 amide bonds. The van der Waals surface area contributed by atoms with Gasteiger partial charge in [0.05, 0.1) is 13.0 Å². The molecule has 0 aromatic heterocycles. The van der Waals surface area contributed by atoms with Gasteiger partial charge >= 0.3 is 17.9 Å². The first kappa shape index (κ1) is 65.2. The Morgan fingerprint density at radius 3 is 1.44 bits per heavy atom. The number of carboxylic acids is 3. The predicted molar refractivity (Wildman–Crippen MR) is 259 cm³/mol. The van der Waals surface area contributed by atoms with Gasteiger partial charge in [0.15, 0.2) is 5.96 Å². The predicted octanol–water partition coefficient (Wildman–Crippen LogP) is -5.60. The van der Waals surface area contributed by atoms with Crippen molar-refractivity contribution in [1.82, 2.24) is 42.5 Å². The fraction of sp³-hybridized carbons (Fsp3) is 0.690. The second-order valence-corrected chi connectivity index (χ2v) is 18.3. The van der Waals surface area contributed by atoms with Crippen molar-refractivity contribution in [2.24, 2.45) is 39.8 Å². The van der Waals surface area contributed by atoms with Crippen molar-refractivity contribution in [2.75, 3.05) is 25.2 Å². The highest BCUT2D eigenvalue weighted by atomic mass is 32.2. The van der Waals surface area contributed by atoms with E-state index in [-0.39, 0.29) is 44.1 Å². The third kappa shape index (κ3) is 26.4. The first-order valence-corrected chi connectivity index (χ1v) is 24.2. The number of guanidine groups is 1.